The molecule has 3 aliphatic heterocycles. The first-order chi connectivity index (χ1) is 7.83. The number of nitrogens with one attached hydrogen (secondary N) is 1. The van der Waals surface area contributed by atoms with Gasteiger partial charge < -0.3 is 14.8 Å². The molecule has 1 unspecified atom stereocenters. The molecule has 3 aliphatic rings. The van der Waals surface area contributed by atoms with Crippen molar-refractivity contribution < 1.29 is 0 Å². The molecule has 1 aromatic heterocycles. The zero-order valence-corrected chi connectivity index (χ0v) is 9.89. The molecule has 1 aromatic rings. The number of aryl methyl sites for hydroxylation is 1. The number of nitrogens with zero attached hydrogens (tertiary/aromatic N) is 3. The van der Waals surface area contributed by atoms with Gasteiger partial charge in [-0.3, -0.25) is 0 Å². The molecule has 0 aliphatic carbocycles. The first-order valence-electron chi connectivity index (χ1n) is 6.25. The van der Waals surface area contributed by atoms with Gasteiger partial charge in [-0.15, -0.1) is 0 Å². The van der Waals surface area contributed by atoms with Crippen LogP contribution in [0, 0.1) is 5.92 Å². The normalized spacial score (nSPS) is 33.2. The van der Waals surface area contributed by atoms with Crippen LogP contribution in [0.15, 0.2) is 12.4 Å². The Hall–Kier alpha value is -0.870. The van der Waals surface area contributed by atoms with Crippen molar-refractivity contribution in [3.05, 3.63) is 18.2 Å². The summed E-state index contributed by atoms with van der Waals surface area (Å²) in [5.41, 5.74) is 0. The van der Waals surface area contributed by atoms with E-state index in [4.69, 9.17) is 0 Å². The van der Waals surface area contributed by atoms with Crippen LogP contribution in [-0.2, 0) is 13.6 Å². The largest absolute Gasteiger partial charge is 0.337 e. The molecule has 0 spiro atoms. The smallest absolute Gasteiger partial charge is 0.122 e. The highest BCUT2D eigenvalue weighted by Gasteiger charge is 2.33. The van der Waals surface area contributed by atoms with Gasteiger partial charge in [0, 0.05) is 32.0 Å². The van der Waals surface area contributed by atoms with E-state index in [-0.39, 0.29) is 0 Å². The quantitative estimate of drug-likeness (QED) is 0.810. The van der Waals surface area contributed by atoms with Gasteiger partial charge in [-0.2, -0.15) is 0 Å². The first-order valence-corrected chi connectivity index (χ1v) is 6.25. The van der Waals surface area contributed by atoms with Crippen LogP contribution in [0.4, 0.5) is 0 Å². The molecule has 4 heterocycles. The highest BCUT2D eigenvalue weighted by molar-refractivity contribution is 4.95. The number of hydrogen-bond donors (Lipinski definition) is 1. The van der Waals surface area contributed by atoms with Crippen molar-refractivity contribution in [2.45, 2.75) is 25.4 Å². The lowest BCUT2D eigenvalue weighted by atomic mass is 9.84. The van der Waals surface area contributed by atoms with Gasteiger partial charge >= 0.3 is 0 Å². The lowest BCUT2D eigenvalue weighted by molar-refractivity contribution is 0.0716. The number of imidazole rings is 1. The van der Waals surface area contributed by atoms with Crippen molar-refractivity contribution in [3.63, 3.8) is 0 Å². The van der Waals surface area contributed by atoms with Crippen molar-refractivity contribution in [2.24, 2.45) is 13.0 Å². The molecule has 4 heteroatoms. The third-order valence-electron chi connectivity index (χ3n) is 4.10. The molecule has 3 fully saturated rings. The molecule has 2 bridgehead atoms. The second-order valence-electron chi connectivity index (χ2n) is 5.08. The minimum atomic E-state index is 0.680. The fourth-order valence-corrected chi connectivity index (χ4v) is 2.99. The third kappa shape index (κ3) is 1.87. The monoisotopic (exact) mass is 220 g/mol. The van der Waals surface area contributed by atoms with E-state index in [0.717, 1.165) is 18.3 Å². The molecule has 4 rings (SSSR count). The number of hydrogen-bond acceptors (Lipinski definition) is 3. The zero-order chi connectivity index (χ0) is 11.0. The Labute approximate surface area is 96.7 Å². The lowest BCUT2D eigenvalue weighted by Crippen LogP contribution is -2.55. The standard InChI is InChI=1S/C12H20N4/c1-15-7-4-13-12(15)8-14-11-9-16-5-2-10(11)3-6-16/h4,7,10-11,14H,2-3,5-6,8-9H2,1H3. The van der Waals surface area contributed by atoms with Crippen molar-refractivity contribution in [3.8, 4) is 0 Å². The molecule has 88 valence electrons. The molecule has 16 heavy (non-hydrogen) atoms. The summed E-state index contributed by atoms with van der Waals surface area (Å²) in [6.07, 6.45) is 6.62. The Kier molecular flexibility index (Phi) is 2.69. The second-order valence-corrected chi connectivity index (χ2v) is 5.08. The highest BCUT2D eigenvalue weighted by atomic mass is 15.2. The van der Waals surface area contributed by atoms with Gasteiger partial charge in [0.1, 0.15) is 5.82 Å². The van der Waals surface area contributed by atoms with Gasteiger partial charge in [0.25, 0.3) is 0 Å². The third-order valence-corrected chi connectivity index (χ3v) is 4.10. The van der Waals surface area contributed by atoms with Gasteiger partial charge in [0.05, 0.1) is 6.54 Å². The van der Waals surface area contributed by atoms with Crippen LogP contribution in [-0.4, -0.2) is 40.1 Å². The molecule has 3 saturated heterocycles. The van der Waals surface area contributed by atoms with Gasteiger partial charge in [0.15, 0.2) is 0 Å². The molecule has 0 radical (unpaired) electrons. The fraction of sp³-hybridized carbons (Fsp3) is 0.750. The van der Waals surface area contributed by atoms with E-state index in [1.807, 2.05) is 12.4 Å². The summed E-state index contributed by atoms with van der Waals surface area (Å²) >= 11 is 0. The van der Waals surface area contributed by atoms with E-state index in [9.17, 15) is 0 Å². The Morgan fingerprint density at radius 1 is 1.44 bits per heavy atom. The average Bonchev–Trinajstić information content (AvgIpc) is 2.74. The summed E-state index contributed by atoms with van der Waals surface area (Å²) in [7, 11) is 2.06. The van der Waals surface area contributed by atoms with Crippen LogP contribution in [0.3, 0.4) is 0 Å². The molecular weight excluding hydrogens is 200 g/mol. The van der Waals surface area contributed by atoms with Crippen molar-refractivity contribution in [1.82, 2.24) is 19.8 Å². The first kappa shape index (κ1) is 10.3. The number of piperidine rings is 3. The molecular formula is C12H20N4. The van der Waals surface area contributed by atoms with E-state index >= 15 is 0 Å². The average molecular weight is 220 g/mol. The predicted octanol–water partition coefficient (Wildman–Crippen LogP) is 0.604. The van der Waals surface area contributed by atoms with Gasteiger partial charge in [-0.05, 0) is 31.8 Å². The van der Waals surface area contributed by atoms with Crippen LogP contribution < -0.4 is 5.32 Å². The van der Waals surface area contributed by atoms with Gasteiger partial charge in [0.2, 0.25) is 0 Å². The van der Waals surface area contributed by atoms with Crippen LogP contribution in [0.25, 0.3) is 0 Å². The molecule has 1 N–H and O–H groups in total. The van der Waals surface area contributed by atoms with Crippen LogP contribution in [0.1, 0.15) is 18.7 Å². The molecule has 0 aromatic carbocycles. The Bertz CT molecular complexity index is 352. The van der Waals surface area contributed by atoms with Crippen LogP contribution in [0.5, 0.6) is 0 Å². The van der Waals surface area contributed by atoms with Crippen molar-refractivity contribution in [2.75, 3.05) is 19.6 Å². The minimum Gasteiger partial charge on any atom is -0.337 e. The SMILES string of the molecule is Cn1ccnc1CNC1CN2CCC1CC2. The predicted molar refractivity (Wildman–Crippen MR) is 63.0 cm³/mol. The van der Waals surface area contributed by atoms with Gasteiger partial charge in [-0.25, -0.2) is 4.98 Å². The summed E-state index contributed by atoms with van der Waals surface area (Å²) in [6, 6.07) is 0.680. The van der Waals surface area contributed by atoms with E-state index in [0.29, 0.717) is 6.04 Å². The van der Waals surface area contributed by atoms with Crippen molar-refractivity contribution in [1.29, 1.82) is 0 Å². The Morgan fingerprint density at radius 3 is 2.81 bits per heavy atom. The molecule has 0 amide bonds. The van der Waals surface area contributed by atoms with E-state index < -0.39 is 0 Å². The minimum absolute atomic E-state index is 0.680. The summed E-state index contributed by atoms with van der Waals surface area (Å²) in [6.45, 7) is 4.75. The van der Waals surface area contributed by atoms with E-state index in [2.05, 4.69) is 26.8 Å². The second kappa shape index (κ2) is 4.18. The summed E-state index contributed by atoms with van der Waals surface area (Å²) in [4.78, 5) is 6.93. The topological polar surface area (TPSA) is 33.1 Å². The summed E-state index contributed by atoms with van der Waals surface area (Å²) in [5, 5.41) is 3.67. The van der Waals surface area contributed by atoms with Crippen molar-refractivity contribution >= 4 is 0 Å². The lowest BCUT2D eigenvalue weighted by Gasteiger charge is -2.45. The van der Waals surface area contributed by atoms with Gasteiger partial charge in [-0.1, -0.05) is 0 Å². The van der Waals surface area contributed by atoms with Crippen LogP contribution >= 0.6 is 0 Å². The zero-order valence-electron chi connectivity index (χ0n) is 9.89. The van der Waals surface area contributed by atoms with E-state index in [1.54, 1.807) is 0 Å². The Balaban J connectivity index is 1.58. The number of rotatable bonds is 3. The molecule has 1 atom stereocenters. The van der Waals surface area contributed by atoms with E-state index in [1.165, 1.54) is 32.5 Å². The summed E-state index contributed by atoms with van der Waals surface area (Å²) < 4.78 is 2.09. The maximum Gasteiger partial charge on any atom is 0.122 e. The maximum absolute atomic E-state index is 4.35. The van der Waals surface area contributed by atoms with Crippen LogP contribution in [0.2, 0.25) is 0 Å². The number of fused-ring (bicyclic) bond motifs is 3. The molecule has 0 saturated carbocycles. The summed E-state index contributed by atoms with van der Waals surface area (Å²) in [5.74, 6) is 2.03. The maximum atomic E-state index is 4.35. The number of aromatic nitrogens is 2. The Morgan fingerprint density at radius 2 is 2.25 bits per heavy atom. The highest BCUT2D eigenvalue weighted by Crippen LogP contribution is 2.27. The molecule has 4 nitrogen and oxygen atoms in total. The fourth-order valence-electron chi connectivity index (χ4n) is 2.99.